The fraction of sp³-hybridized carbons (Fsp3) is 0.444. The van der Waals surface area contributed by atoms with Crippen LogP contribution in [-0.4, -0.2) is 37.7 Å². The molecule has 3 rings (SSSR count). The van der Waals surface area contributed by atoms with Gasteiger partial charge in [-0.05, 0) is 19.2 Å². The van der Waals surface area contributed by atoms with E-state index in [0.717, 1.165) is 24.3 Å². The molecule has 0 aliphatic heterocycles. The minimum absolute atomic E-state index is 0.207. The van der Waals surface area contributed by atoms with Crippen LogP contribution in [0.4, 0.5) is 0 Å². The normalized spacial score (nSPS) is 16.8. The van der Waals surface area contributed by atoms with Gasteiger partial charge in [-0.1, -0.05) is 32.1 Å². The largest absolute Gasteiger partial charge is 0.332 e. The van der Waals surface area contributed by atoms with Gasteiger partial charge < -0.3 is 4.57 Å². The maximum atomic E-state index is 12.7. The Bertz CT molecular complexity index is 968. The molecule has 2 aromatic rings. The molecule has 0 aromatic carbocycles. The summed E-state index contributed by atoms with van der Waals surface area (Å²) in [6.07, 6.45) is 8.35. The zero-order chi connectivity index (χ0) is 17.6. The lowest BCUT2D eigenvalue weighted by Gasteiger charge is -2.24. The van der Waals surface area contributed by atoms with Crippen molar-refractivity contribution in [3.05, 3.63) is 44.2 Å². The predicted molar refractivity (Wildman–Crippen MR) is 98.2 cm³/mol. The van der Waals surface area contributed by atoms with Gasteiger partial charge in [0.1, 0.15) is 5.65 Å². The summed E-state index contributed by atoms with van der Waals surface area (Å²) >= 11 is 0. The number of hydrogen-bond acceptors (Lipinski definition) is 3. The van der Waals surface area contributed by atoms with E-state index in [1.165, 1.54) is 16.2 Å². The summed E-state index contributed by atoms with van der Waals surface area (Å²) in [6, 6.07) is 0.207. The van der Waals surface area contributed by atoms with E-state index in [9.17, 15) is 9.59 Å². The molecular weight excluding hydrogens is 304 g/mol. The Labute approximate surface area is 140 Å². The van der Waals surface area contributed by atoms with Crippen LogP contribution in [0.25, 0.3) is 23.2 Å². The Morgan fingerprint density at radius 3 is 2.21 bits per heavy atom. The standard InChI is InChI=1S/C18H24N4O2/c1-6-22(7-2)12-8-10-13-14(11-9-12)19(3)16-15(13)17(23)21(5)18(24)20(16)4/h8-12H,6-7H2,1-5H3. The van der Waals surface area contributed by atoms with Crippen LogP contribution in [-0.2, 0) is 21.1 Å². The van der Waals surface area contributed by atoms with Crippen molar-refractivity contribution in [2.45, 2.75) is 19.9 Å². The van der Waals surface area contributed by atoms with Gasteiger partial charge in [0, 0.05) is 38.4 Å². The zero-order valence-corrected chi connectivity index (χ0v) is 14.9. The topological polar surface area (TPSA) is 52.2 Å². The first-order chi connectivity index (χ1) is 11.4. The quantitative estimate of drug-likeness (QED) is 0.854. The highest BCUT2D eigenvalue weighted by Crippen LogP contribution is 2.27. The van der Waals surface area contributed by atoms with Crippen LogP contribution in [0.1, 0.15) is 25.1 Å². The highest BCUT2D eigenvalue weighted by molar-refractivity contribution is 5.92. The summed E-state index contributed by atoms with van der Waals surface area (Å²) in [5.41, 5.74) is 1.94. The molecule has 0 spiro atoms. The molecule has 128 valence electrons. The SMILES string of the molecule is CCN(CC)C1C=Cc2c(n(C)c3c2c(=O)n(C)c(=O)n3C)C=C1. The van der Waals surface area contributed by atoms with Gasteiger partial charge in [-0.3, -0.25) is 18.8 Å². The molecule has 6 nitrogen and oxygen atoms in total. The van der Waals surface area contributed by atoms with Gasteiger partial charge >= 0.3 is 5.69 Å². The Balaban J connectivity index is 2.31. The average Bonchev–Trinajstić information content (AvgIpc) is 2.73. The van der Waals surface area contributed by atoms with Crippen LogP contribution in [0.5, 0.6) is 0 Å². The fourth-order valence-electron chi connectivity index (χ4n) is 3.59. The van der Waals surface area contributed by atoms with Gasteiger partial charge in [0.2, 0.25) is 0 Å². The molecule has 1 atom stereocenters. The molecule has 24 heavy (non-hydrogen) atoms. The second kappa shape index (κ2) is 5.94. The fourth-order valence-corrected chi connectivity index (χ4v) is 3.59. The molecule has 1 aliphatic carbocycles. The van der Waals surface area contributed by atoms with Crippen LogP contribution in [0.15, 0.2) is 21.7 Å². The van der Waals surface area contributed by atoms with Crippen LogP contribution in [0, 0.1) is 0 Å². The molecule has 0 fully saturated rings. The minimum Gasteiger partial charge on any atom is -0.330 e. The summed E-state index contributed by atoms with van der Waals surface area (Å²) in [6.45, 7) is 6.21. The van der Waals surface area contributed by atoms with E-state index in [1.54, 1.807) is 7.05 Å². The van der Waals surface area contributed by atoms with Crippen molar-refractivity contribution >= 4 is 23.2 Å². The van der Waals surface area contributed by atoms with Gasteiger partial charge in [0.05, 0.1) is 5.39 Å². The van der Waals surface area contributed by atoms with E-state index in [1.807, 2.05) is 17.7 Å². The van der Waals surface area contributed by atoms with E-state index >= 15 is 0 Å². The molecule has 0 amide bonds. The Morgan fingerprint density at radius 1 is 0.958 bits per heavy atom. The van der Waals surface area contributed by atoms with E-state index in [2.05, 4.69) is 37.0 Å². The number of fused-ring (bicyclic) bond motifs is 3. The lowest BCUT2D eigenvalue weighted by molar-refractivity contribution is 0.290. The number of likely N-dealkylation sites (N-methyl/N-ethyl adjacent to an activating group) is 1. The van der Waals surface area contributed by atoms with Crippen molar-refractivity contribution in [1.82, 2.24) is 18.6 Å². The molecule has 0 radical (unpaired) electrons. The van der Waals surface area contributed by atoms with Crippen molar-refractivity contribution in [2.75, 3.05) is 13.1 Å². The molecule has 0 bridgehead atoms. The Morgan fingerprint density at radius 2 is 1.58 bits per heavy atom. The van der Waals surface area contributed by atoms with Crippen molar-refractivity contribution < 1.29 is 0 Å². The van der Waals surface area contributed by atoms with E-state index in [-0.39, 0.29) is 17.3 Å². The first-order valence-corrected chi connectivity index (χ1v) is 8.31. The summed E-state index contributed by atoms with van der Waals surface area (Å²) in [7, 11) is 5.13. The highest BCUT2D eigenvalue weighted by Gasteiger charge is 2.21. The number of nitrogens with zero attached hydrogens (tertiary/aromatic N) is 4. The summed E-state index contributed by atoms with van der Waals surface area (Å²) in [5.74, 6) is 0. The van der Waals surface area contributed by atoms with Crippen molar-refractivity contribution in [3.8, 4) is 0 Å². The number of aromatic nitrogens is 3. The van der Waals surface area contributed by atoms with Gasteiger partial charge in [0.25, 0.3) is 5.56 Å². The molecular formula is C18H24N4O2. The van der Waals surface area contributed by atoms with Crippen molar-refractivity contribution in [3.63, 3.8) is 0 Å². The summed E-state index contributed by atoms with van der Waals surface area (Å²) < 4.78 is 4.64. The van der Waals surface area contributed by atoms with Gasteiger partial charge in [0.15, 0.2) is 0 Å². The van der Waals surface area contributed by atoms with Gasteiger partial charge in [-0.15, -0.1) is 0 Å². The lowest BCUT2D eigenvalue weighted by Crippen LogP contribution is -2.37. The second-order valence-electron chi connectivity index (χ2n) is 6.19. The third-order valence-electron chi connectivity index (χ3n) is 5.00. The highest BCUT2D eigenvalue weighted by atomic mass is 16.2. The molecule has 0 saturated heterocycles. The predicted octanol–water partition coefficient (Wildman–Crippen LogP) is 1.33. The third kappa shape index (κ3) is 2.21. The molecule has 1 unspecified atom stereocenters. The van der Waals surface area contributed by atoms with Crippen molar-refractivity contribution in [1.29, 1.82) is 0 Å². The monoisotopic (exact) mass is 328 g/mol. The molecule has 2 heterocycles. The van der Waals surface area contributed by atoms with Crippen LogP contribution in [0.2, 0.25) is 0 Å². The first-order valence-electron chi connectivity index (χ1n) is 8.31. The van der Waals surface area contributed by atoms with Gasteiger partial charge in [-0.2, -0.15) is 0 Å². The van der Waals surface area contributed by atoms with Gasteiger partial charge in [-0.25, -0.2) is 4.79 Å². The molecule has 0 N–H and O–H groups in total. The van der Waals surface area contributed by atoms with Crippen molar-refractivity contribution in [2.24, 2.45) is 21.1 Å². The maximum absolute atomic E-state index is 12.7. The van der Waals surface area contributed by atoms with E-state index in [0.29, 0.717) is 11.0 Å². The molecule has 1 aliphatic rings. The molecule has 0 saturated carbocycles. The zero-order valence-electron chi connectivity index (χ0n) is 14.9. The van der Waals surface area contributed by atoms with Crippen LogP contribution < -0.4 is 11.2 Å². The summed E-state index contributed by atoms with van der Waals surface area (Å²) in [5, 5.41) is 0.596. The third-order valence-corrected chi connectivity index (χ3v) is 5.00. The number of rotatable bonds is 3. The maximum Gasteiger partial charge on any atom is 0.332 e. The van der Waals surface area contributed by atoms with E-state index in [4.69, 9.17) is 0 Å². The number of hydrogen-bond donors (Lipinski definition) is 0. The second-order valence-corrected chi connectivity index (χ2v) is 6.19. The average molecular weight is 328 g/mol. The first kappa shape index (κ1) is 16.5. The lowest BCUT2D eigenvalue weighted by atomic mass is 10.1. The number of aryl methyl sites for hydroxylation is 2. The molecule has 2 aromatic heterocycles. The van der Waals surface area contributed by atoms with E-state index < -0.39 is 0 Å². The van der Waals surface area contributed by atoms with Crippen LogP contribution in [0.3, 0.4) is 0 Å². The smallest absolute Gasteiger partial charge is 0.330 e. The minimum atomic E-state index is -0.308. The summed E-state index contributed by atoms with van der Waals surface area (Å²) in [4.78, 5) is 27.3. The molecule has 6 heteroatoms. The Kier molecular flexibility index (Phi) is 4.09. The van der Waals surface area contributed by atoms with Crippen LogP contribution >= 0.6 is 0 Å². The Hall–Kier alpha value is -2.34.